The Kier molecular flexibility index (Phi) is 6.93. The van der Waals surface area contributed by atoms with Crippen LogP contribution >= 0.6 is 0 Å². The highest BCUT2D eigenvalue weighted by Gasteiger charge is 2.00. The fourth-order valence-electron chi connectivity index (χ4n) is 0.871. The van der Waals surface area contributed by atoms with Crippen molar-refractivity contribution in [1.82, 2.24) is 0 Å². The van der Waals surface area contributed by atoms with Crippen molar-refractivity contribution in [2.75, 3.05) is 0 Å². The van der Waals surface area contributed by atoms with Crippen molar-refractivity contribution in [1.29, 1.82) is 0 Å². The Labute approximate surface area is 75.8 Å². The van der Waals surface area contributed by atoms with Crippen LogP contribution in [0.1, 0.15) is 32.6 Å². The highest BCUT2D eigenvalue weighted by Crippen LogP contribution is 2.08. The second-order valence-corrected chi connectivity index (χ2v) is 2.52. The summed E-state index contributed by atoms with van der Waals surface area (Å²) in [5.41, 5.74) is 0. The lowest BCUT2D eigenvalue weighted by Gasteiger charge is -2.02. The summed E-state index contributed by atoms with van der Waals surface area (Å²) in [6.07, 6.45) is 13.7. The Morgan fingerprint density at radius 2 is 2.00 bits per heavy atom. The van der Waals surface area contributed by atoms with Gasteiger partial charge in [0.1, 0.15) is 0 Å². The summed E-state index contributed by atoms with van der Waals surface area (Å²) in [4.78, 5) is 0. The molecule has 0 spiro atoms. The van der Waals surface area contributed by atoms with Gasteiger partial charge >= 0.3 is 0 Å². The Bertz CT molecular complexity index is 236. The molecular formula is C12H14. The van der Waals surface area contributed by atoms with Crippen LogP contribution in [0.5, 0.6) is 0 Å². The fraction of sp³-hybridized carbons (Fsp3) is 0.500. The molecule has 62 valence electrons. The monoisotopic (exact) mass is 158 g/mol. The van der Waals surface area contributed by atoms with E-state index < -0.39 is 0 Å². The summed E-state index contributed by atoms with van der Waals surface area (Å²) in [5.74, 6) is 11.7. The second-order valence-electron chi connectivity index (χ2n) is 2.52. The van der Waals surface area contributed by atoms with Gasteiger partial charge in [-0.25, -0.2) is 0 Å². The maximum absolute atomic E-state index is 5.20. The van der Waals surface area contributed by atoms with Crippen LogP contribution in [0.3, 0.4) is 0 Å². The lowest BCUT2D eigenvalue weighted by atomic mass is 10.0. The summed E-state index contributed by atoms with van der Waals surface area (Å²) < 4.78 is 0. The normalized spacial score (nSPS) is 10.2. The van der Waals surface area contributed by atoms with Crippen molar-refractivity contribution in [2.24, 2.45) is 5.92 Å². The van der Waals surface area contributed by atoms with E-state index in [1.54, 1.807) is 0 Å². The van der Waals surface area contributed by atoms with Gasteiger partial charge in [-0.15, -0.1) is 30.6 Å². The molecule has 0 amide bonds. The van der Waals surface area contributed by atoms with Crippen molar-refractivity contribution >= 4 is 0 Å². The summed E-state index contributed by atoms with van der Waals surface area (Å²) in [5, 5.41) is 0. The molecule has 0 N–H and O–H groups in total. The van der Waals surface area contributed by atoms with E-state index in [0.717, 1.165) is 19.3 Å². The average Bonchev–Trinajstić information content (AvgIpc) is 2.10. The maximum atomic E-state index is 5.20. The molecule has 0 bridgehead atoms. The molecule has 0 saturated heterocycles. The number of rotatable bonds is 3. The molecule has 0 aliphatic heterocycles. The number of terminal acetylenes is 2. The van der Waals surface area contributed by atoms with Gasteiger partial charge in [0.05, 0.1) is 0 Å². The van der Waals surface area contributed by atoms with Crippen molar-refractivity contribution in [2.45, 2.75) is 32.6 Å². The van der Waals surface area contributed by atoms with Gasteiger partial charge < -0.3 is 0 Å². The largest absolute Gasteiger partial charge is 0.120 e. The molecular weight excluding hydrogens is 144 g/mol. The van der Waals surface area contributed by atoms with Gasteiger partial charge in [-0.3, -0.25) is 0 Å². The van der Waals surface area contributed by atoms with Crippen LogP contribution in [0.15, 0.2) is 0 Å². The molecule has 1 atom stereocenters. The van der Waals surface area contributed by atoms with Gasteiger partial charge in [-0.1, -0.05) is 12.8 Å². The lowest BCUT2D eigenvalue weighted by Crippen LogP contribution is -1.94. The molecule has 0 fully saturated rings. The summed E-state index contributed by atoms with van der Waals surface area (Å²) >= 11 is 0. The van der Waals surface area contributed by atoms with E-state index in [2.05, 4.69) is 23.7 Å². The predicted molar refractivity (Wildman–Crippen MR) is 53.1 cm³/mol. The van der Waals surface area contributed by atoms with Crippen molar-refractivity contribution in [3.05, 3.63) is 0 Å². The van der Waals surface area contributed by atoms with Crippen molar-refractivity contribution in [3.8, 4) is 36.5 Å². The first kappa shape index (κ1) is 10.7. The fourth-order valence-corrected chi connectivity index (χ4v) is 0.871. The van der Waals surface area contributed by atoms with Crippen LogP contribution in [0.4, 0.5) is 0 Å². The van der Waals surface area contributed by atoms with Crippen LogP contribution in [0, 0.1) is 42.4 Å². The predicted octanol–water partition coefficient (Wildman–Crippen LogP) is 2.45. The second kappa shape index (κ2) is 7.78. The molecule has 0 rings (SSSR count). The summed E-state index contributed by atoms with van der Waals surface area (Å²) in [7, 11) is 0. The van der Waals surface area contributed by atoms with E-state index in [0.29, 0.717) is 12.3 Å². The van der Waals surface area contributed by atoms with Gasteiger partial charge in [-0.2, -0.15) is 0 Å². The third-order valence-electron chi connectivity index (χ3n) is 1.48. The van der Waals surface area contributed by atoms with Crippen molar-refractivity contribution < 1.29 is 0 Å². The van der Waals surface area contributed by atoms with E-state index in [1.165, 1.54) is 0 Å². The Morgan fingerprint density at radius 1 is 1.25 bits per heavy atom. The highest BCUT2D eigenvalue weighted by molar-refractivity contribution is 5.07. The van der Waals surface area contributed by atoms with E-state index in [4.69, 9.17) is 12.8 Å². The summed E-state index contributed by atoms with van der Waals surface area (Å²) in [6.45, 7) is 2.03. The van der Waals surface area contributed by atoms with Gasteiger partial charge in [0.15, 0.2) is 0 Å². The Balaban J connectivity index is 3.89. The molecule has 0 heteroatoms. The van der Waals surface area contributed by atoms with Crippen LogP contribution in [-0.2, 0) is 0 Å². The molecule has 0 aromatic rings. The lowest BCUT2D eigenvalue weighted by molar-refractivity contribution is 0.642. The molecule has 12 heavy (non-hydrogen) atoms. The minimum Gasteiger partial charge on any atom is -0.120 e. The number of hydrogen-bond donors (Lipinski definition) is 0. The van der Waals surface area contributed by atoms with Gasteiger partial charge in [-0.05, 0) is 6.42 Å². The molecule has 0 aliphatic rings. The van der Waals surface area contributed by atoms with Gasteiger partial charge in [0.25, 0.3) is 0 Å². The molecule has 1 unspecified atom stereocenters. The molecule has 0 saturated carbocycles. The molecule has 0 aromatic heterocycles. The average molecular weight is 158 g/mol. The quantitative estimate of drug-likeness (QED) is 0.553. The van der Waals surface area contributed by atoms with Crippen LogP contribution in [0.2, 0.25) is 0 Å². The molecule has 0 aliphatic carbocycles. The minimum atomic E-state index is 0.297. The topological polar surface area (TPSA) is 0 Å². The maximum Gasteiger partial charge on any atom is 0.0321 e. The minimum absolute atomic E-state index is 0.297. The van der Waals surface area contributed by atoms with E-state index >= 15 is 0 Å². The zero-order chi connectivity index (χ0) is 9.23. The Hall–Kier alpha value is -1.32. The molecule has 0 radical (unpaired) electrons. The van der Waals surface area contributed by atoms with Gasteiger partial charge in [0, 0.05) is 25.2 Å². The molecule has 0 aromatic carbocycles. The smallest absolute Gasteiger partial charge is 0.0321 e. The zero-order valence-electron chi connectivity index (χ0n) is 7.56. The van der Waals surface area contributed by atoms with Crippen LogP contribution in [-0.4, -0.2) is 0 Å². The highest BCUT2D eigenvalue weighted by atomic mass is 14.0. The third kappa shape index (κ3) is 5.46. The third-order valence-corrected chi connectivity index (χ3v) is 1.48. The number of hydrogen-bond acceptors (Lipinski definition) is 0. The Morgan fingerprint density at radius 3 is 2.50 bits per heavy atom. The van der Waals surface area contributed by atoms with Crippen molar-refractivity contribution in [3.63, 3.8) is 0 Å². The van der Waals surface area contributed by atoms with Gasteiger partial charge in [0.2, 0.25) is 0 Å². The zero-order valence-corrected chi connectivity index (χ0v) is 7.56. The first-order valence-electron chi connectivity index (χ1n) is 4.20. The first-order valence-corrected chi connectivity index (χ1v) is 4.20. The molecule has 0 nitrogen and oxygen atoms in total. The van der Waals surface area contributed by atoms with Crippen LogP contribution < -0.4 is 0 Å². The summed E-state index contributed by atoms with van der Waals surface area (Å²) in [6, 6.07) is 0. The van der Waals surface area contributed by atoms with E-state index in [1.807, 2.05) is 6.92 Å². The first-order chi connectivity index (χ1) is 5.85. The SMILES string of the molecule is C#CCCC(C#CCC)CC#C. The standard InChI is InChI=1S/C12H14/c1-4-7-10-12(9-6-3)11-8-5-2/h1,3,12H,5,7,9-10H2,2H3. The van der Waals surface area contributed by atoms with E-state index in [9.17, 15) is 0 Å². The van der Waals surface area contributed by atoms with E-state index in [-0.39, 0.29) is 0 Å². The van der Waals surface area contributed by atoms with Crippen LogP contribution in [0.25, 0.3) is 0 Å². The molecule has 0 heterocycles.